The van der Waals surface area contributed by atoms with Crippen LogP contribution in [0.4, 0.5) is 9.59 Å². The summed E-state index contributed by atoms with van der Waals surface area (Å²) in [5, 5.41) is 20.3. The lowest BCUT2D eigenvalue weighted by atomic mass is 9.93. The molecular formula is C31H39N5O5S. The van der Waals surface area contributed by atoms with E-state index >= 15 is 0 Å². The first kappa shape index (κ1) is 31.0. The summed E-state index contributed by atoms with van der Waals surface area (Å²) in [5.74, 6) is -0.385. The van der Waals surface area contributed by atoms with Crippen LogP contribution in [0.3, 0.4) is 0 Å². The maximum Gasteiger partial charge on any atom is 0.407 e. The van der Waals surface area contributed by atoms with Crippen molar-refractivity contribution in [1.82, 2.24) is 25.8 Å². The van der Waals surface area contributed by atoms with Gasteiger partial charge in [-0.2, -0.15) is 0 Å². The van der Waals surface area contributed by atoms with Gasteiger partial charge in [0.25, 0.3) is 0 Å². The number of nitrogens with zero attached hydrogens (tertiary/aromatic N) is 2. The van der Waals surface area contributed by atoms with Crippen molar-refractivity contribution < 1.29 is 24.2 Å². The van der Waals surface area contributed by atoms with Crippen molar-refractivity contribution >= 4 is 29.4 Å². The average molecular weight is 594 g/mol. The molecule has 0 aliphatic carbocycles. The van der Waals surface area contributed by atoms with Gasteiger partial charge in [-0.25, -0.2) is 9.59 Å². The van der Waals surface area contributed by atoms with Gasteiger partial charge < -0.3 is 30.7 Å². The van der Waals surface area contributed by atoms with E-state index in [0.717, 1.165) is 16.0 Å². The van der Waals surface area contributed by atoms with Crippen LogP contribution >= 0.6 is 11.3 Å². The summed E-state index contributed by atoms with van der Waals surface area (Å²) in [6.45, 7) is 4.85. The molecule has 1 aromatic heterocycles. The molecule has 0 saturated carbocycles. The van der Waals surface area contributed by atoms with Gasteiger partial charge in [0.2, 0.25) is 5.91 Å². The number of urea groups is 1. The zero-order valence-corrected chi connectivity index (χ0v) is 24.8. The quantitative estimate of drug-likeness (QED) is 0.226. The Bertz CT molecular complexity index is 1280. The molecule has 1 aliphatic rings. The number of thiazole rings is 1. The predicted octanol–water partition coefficient (Wildman–Crippen LogP) is 3.51. The van der Waals surface area contributed by atoms with E-state index in [1.54, 1.807) is 16.6 Å². The van der Waals surface area contributed by atoms with Gasteiger partial charge in [-0.15, -0.1) is 11.3 Å². The number of ether oxygens (including phenoxy) is 1. The number of aliphatic hydroxyl groups is 1. The number of hydrogen-bond acceptors (Lipinski definition) is 7. The number of benzene rings is 2. The molecule has 3 aromatic rings. The van der Waals surface area contributed by atoms with Gasteiger partial charge in [-0.1, -0.05) is 74.5 Å². The fraction of sp³-hybridized carbons (Fsp3) is 0.419. The van der Waals surface area contributed by atoms with Crippen LogP contribution in [0.2, 0.25) is 0 Å². The zero-order chi connectivity index (χ0) is 29.9. The lowest BCUT2D eigenvalue weighted by Crippen LogP contribution is -2.55. The van der Waals surface area contributed by atoms with Crippen LogP contribution in [0.1, 0.15) is 36.3 Å². The van der Waals surface area contributed by atoms with E-state index in [0.29, 0.717) is 25.9 Å². The maximum atomic E-state index is 13.6. The second-order valence-electron chi connectivity index (χ2n) is 10.8. The second-order valence-corrected chi connectivity index (χ2v) is 11.8. The van der Waals surface area contributed by atoms with Crippen LogP contribution in [0.25, 0.3) is 0 Å². The average Bonchev–Trinajstić information content (AvgIpc) is 3.64. The fourth-order valence-corrected chi connectivity index (χ4v) is 5.69. The molecule has 4 N–H and O–H groups in total. The monoisotopic (exact) mass is 593 g/mol. The van der Waals surface area contributed by atoms with Gasteiger partial charge in [0, 0.05) is 25.3 Å². The van der Waals surface area contributed by atoms with Gasteiger partial charge in [0.1, 0.15) is 12.6 Å². The number of alkyl carbamates (subject to hydrolysis) is 1. The summed E-state index contributed by atoms with van der Waals surface area (Å²) in [7, 11) is 0. The van der Waals surface area contributed by atoms with E-state index in [4.69, 9.17) is 4.74 Å². The lowest BCUT2D eigenvalue weighted by Gasteiger charge is -2.32. The molecule has 42 heavy (non-hydrogen) atoms. The summed E-state index contributed by atoms with van der Waals surface area (Å²) >= 11 is 1.39. The van der Waals surface area contributed by atoms with Crippen LogP contribution in [0, 0.1) is 5.92 Å². The van der Waals surface area contributed by atoms with Crippen molar-refractivity contribution in [3.8, 4) is 0 Å². The van der Waals surface area contributed by atoms with Crippen LogP contribution in [-0.2, 0) is 29.0 Å². The third-order valence-electron chi connectivity index (χ3n) is 7.22. The van der Waals surface area contributed by atoms with Crippen LogP contribution in [0.15, 0.2) is 72.4 Å². The molecule has 1 fully saturated rings. The number of rotatable bonds is 14. The number of hydrogen-bond donors (Lipinski definition) is 4. The molecule has 0 radical (unpaired) electrons. The van der Waals surface area contributed by atoms with Crippen LogP contribution < -0.4 is 16.0 Å². The smallest absolute Gasteiger partial charge is 0.407 e. The van der Waals surface area contributed by atoms with Crippen LogP contribution in [0.5, 0.6) is 0 Å². The van der Waals surface area contributed by atoms with Crippen molar-refractivity contribution in [2.24, 2.45) is 5.92 Å². The molecule has 0 bridgehead atoms. The molecular weight excluding hydrogens is 554 g/mol. The number of amides is 4. The third kappa shape index (κ3) is 9.02. The highest BCUT2D eigenvalue weighted by Crippen LogP contribution is 2.18. The molecule has 4 atom stereocenters. The summed E-state index contributed by atoms with van der Waals surface area (Å²) < 4.78 is 5.39. The molecule has 1 aliphatic heterocycles. The van der Waals surface area contributed by atoms with Crippen molar-refractivity contribution in [3.63, 3.8) is 0 Å². The minimum atomic E-state index is -1.01. The van der Waals surface area contributed by atoms with Gasteiger partial charge >= 0.3 is 12.1 Å². The SMILES string of the molecule is CC(C)[C@@H](C(=O)N[C@@H](Cc1ccccc1)C[C@H](O)[C@H](Cc1ccccc1)NC(=O)OCc1cncs1)N1CCNC1=O. The molecule has 224 valence electrons. The highest BCUT2D eigenvalue weighted by atomic mass is 32.1. The highest BCUT2D eigenvalue weighted by molar-refractivity contribution is 7.09. The minimum Gasteiger partial charge on any atom is -0.444 e. The number of aromatic nitrogens is 1. The topological polar surface area (TPSA) is 133 Å². The Hall–Kier alpha value is -3.96. The molecule has 11 heteroatoms. The van der Waals surface area contributed by atoms with Crippen molar-refractivity contribution in [2.45, 2.75) is 63.9 Å². The minimum absolute atomic E-state index is 0.0814. The van der Waals surface area contributed by atoms with E-state index in [1.165, 1.54) is 11.3 Å². The summed E-state index contributed by atoms with van der Waals surface area (Å²) in [6.07, 6.45) is 0.987. The maximum absolute atomic E-state index is 13.6. The molecule has 2 aromatic carbocycles. The Balaban J connectivity index is 1.50. The molecule has 4 amide bonds. The first-order valence-electron chi connectivity index (χ1n) is 14.2. The third-order valence-corrected chi connectivity index (χ3v) is 7.97. The Kier molecular flexibility index (Phi) is 11.3. The normalized spacial score (nSPS) is 15.9. The second kappa shape index (κ2) is 15.3. The van der Waals surface area contributed by atoms with E-state index in [1.807, 2.05) is 74.5 Å². The van der Waals surface area contributed by atoms with E-state index < -0.39 is 30.3 Å². The summed E-state index contributed by atoms with van der Waals surface area (Å²) in [5.41, 5.74) is 3.60. The fourth-order valence-electron chi connectivity index (χ4n) is 5.18. The first-order chi connectivity index (χ1) is 20.3. The number of carbonyl (C=O) groups is 3. The van der Waals surface area contributed by atoms with Gasteiger partial charge in [0.05, 0.1) is 22.5 Å². The van der Waals surface area contributed by atoms with Crippen LogP contribution in [-0.4, -0.2) is 70.3 Å². The molecule has 0 unspecified atom stereocenters. The molecule has 4 rings (SSSR count). The Morgan fingerprint density at radius 2 is 1.71 bits per heavy atom. The Labute approximate surface area is 250 Å². The Morgan fingerprint density at radius 3 is 2.29 bits per heavy atom. The molecule has 1 saturated heterocycles. The lowest BCUT2D eigenvalue weighted by molar-refractivity contribution is -0.127. The van der Waals surface area contributed by atoms with Crippen molar-refractivity contribution in [2.75, 3.05) is 13.1 Å². The largest absolute Gasteiger partial charge is 0.444 e. The standard InChI is InChI=1S/C31H39N5O5S/c1-21(2)28(36-14-13-33-30(36)39)29(38)34-24(15-22-9-5-3-6-10-22)17-27(37)26(16-23-11-7-4-8-12-23)35-31(40)41-19-25-18-32-20-42-25/h3-12,18,20-21,24,26-28,37H,13-17,19H2,1-2H3,(H,33,39)(H,34,38)(H,35,40)/t24-,26-,27-,28-/m0/s1. The number of aliphatic hydroxyl groups excluding tert-OH is 1. The van der Waals surface area contributed by atoms with E-state index in [9.17, 15) is 19.5 Å². The summed E-state index contributed by atoms with van der Waals surface area (Å²) in [4.78, 5) is 45.2. The van der Waals surface area contributed by atoms with E-state index in [-0.39, 0.29) is 30.9 Å². The first-order valence-corrected chi connectivity index (χ1v) is 15.1. The number of carbonyl (C=O) groups excluding carboxylic acids is 3. The van der Waals surface area contributed by atoms with Gasteiger partial charge in [0.15, 0.2) is 0 Å². The zero-order valence-electron chi connectivity index (χ0n) is 23.9. The molecule has 10 nitrogen and oxygen atoms in total. The van der Waals surface area contributed by atoms with Gasteiger partial charge in [-0.05, 0) is 36.3 Å². The van der Waals surface area contributed by atoms with Crippen molar-refractivity contribution in [3.05, 3.63) is 88.4 Å². The predicted molar refractivity (Wildman–Crippen MR) is 161 cm³/mol. The summed E-state index contributed by atoms with van der Waals surface area (Å²) in [6, 6.07) is 17.2. The van der Waals surface area contributed by atoms with Gasteiger partial charge in [-0.3, -0.25) is 9.78 Å². The molecule has 2 heterocycles. The number of nitrogens with one attached hydrogen (secondary N) is 3. The molecule has 0 spiro atoms. The van der Waals surface area contributed by atoms with Crippen molar-refractivity contribution in [1.29, 1.82) is 0 Å². The highest BCUT2D eigenvalue weighted by Gasteiger charge is 2.36. The Morgan fingerprint density at radius 1 is 1.05 bits per heavy atom. The van der Waals surface area contributed by atoms with E-state index in [2.05, 4.69) is 20.9 Å².